The highest BCUT2D eigenvalue weighted by Gasteiger charge is 2.16. The average Bonchev–Trinajstić information content (AvgIpc) is 2.13. The Morgan fingerprint density at radius 3 is 2.21 bits per heavy atom. The van der Waals surface area contributed by atoms with E-state index in [9.17, 15) is 0 Å². The molecule has 0 nitrogen and oxygen atoms in total. The molecule has 0 aliphatic heterocycles. The van der Waals surface area contributed by atoms with Crippen molar-refractivity contribution in [3.8, 4) is 0 Å². The van der Waals surface area contributed by atoms with Crippen LogP contribution in [-0.2, 0) is 0 Å². The van der Waals surface area contributed by atoms with Crippen molar-refractivity contribution in [3.05, 3.63) is 12.2 Å². The van der Waals surface area contributed by atoms with Crippen LogP contribution in [-0.4, -0.2) is 12.0 Å². The van der Waals surface area contributed by atoms with Crippen LogP contribution in [0.5, 0.6) is 0 Å². The highest BCUT2D eigenvalue weighted by molar-refractivity contribution is 7.98. The predicted molar refractivity (Wildman–Crippen MR) is 69.9 cm³/mol. The van der Waals surface area contributed by atoms with Crippen molar-refractivity contribution in [3.63, 3.8) is 0 Å². The molecule has 0 N–H and O–H groups in total. The second-order valence-electron chi connectivity index (χ2n) is 4.62. The largest absolute Gasteiger partial charge is 0.165 e. The van der Waals surface area contributed by atoms with Crippen LogP contribution in [0.1, 0.15) is 40.5 Å². The standard InChI is InChI=1S/C13H26S/c1-7-13(12(5)9-14-6)8-11(4)10(2)3/h10,12-13H,4,7-9H2,1-3,5-6H3. The van der Waals surface area contributed by atoms with Gasteiger partial charge in [-0.1, -0.05) is 46.3 Å². The van der Waals surface area contributed by atoms with E-state index < -0.39 is 0 Å². The molecule has 2 atom stereocenters. The number of allylic oxidation sites excluding steroid dienone is 1. The average molecular weight is 214 g/mol. The summed E-state index contributed by atoms with van der Waals surface area (Å²) < 4.78 is 0. The molecule has 0 radical (unpaired) electrons. The van der Waals surface area contributed by atoms with Gasteiger partial charge in [-0.2, -0.15) is 11.8 Å². The fourth-order valence-corrected chi connectivity index (χ4v) is 2.52. The van der Waals surface area contributed by atoms with Crippen LogP contribution in [0.3, 0.4) is 0 Å². The molecule has 0 fully saturated rings. The van der Waals surface area contributed by atoms with Gasteiger partial charge in [-0.25, -0.2) is 0 Å². The van der Waals surface area contributed by atoms with Crippen LogP contribution in [0.2, 0.25) is 0 Å². The van der Waals surface area contributed by atoms with Gasteiger partial charge in [0.2, 0.25) is 0 Å². The zero-order chi connectivity index (χ0) is 11.1. The summed E-state index contributed by atoms with van der Waals surface area (Å²) in [6.45, 7) is 13.3. The highest BCUT2D eigenvalue weighted by atomic mass is 32.2. The van der Waals surface area contributed by atoms with Gasteiger partial charge in [-0.15, -0.1) is 0 Å². The van der Waals surface area contributed by atoms with Gasteiger partial charge in [0.1, 0.15) is 0 Å². The van der Waals surface area contributed by atoms with E-state index in [2.05, 4.69) is 40.5 Å². The van der Waals surface area contributed by atoms with E-state index in [1.807, 2.05) is 11.8 Å². The van der Waals surface area contributed by atoms with Crippen LogP contribution in [0, 0.1) is 17.8 Å². The Morgan fingerprint density at radius 1 is 1.29 bits per heavy atom. The van der Waals surface area contributed by atoms with Crippen LogP contribution in [0.15, 0.2) is 12.2 Å². The van der Waals surface area contributed by atoms with Crippen LogP contribution in [0.25, 0.3) is 0 Å². The number of thioether (sulfide) groups is 1. The lowest BCUT2D eigenvalue weighted by Gasteiger charge is -2.24. The van der Waals surface area contributed by atoms with Gasteiger partial charge in [0.15, 0.2) is 0 Å². The molecule has 0 aromatic rings. The van der Waals surface area contributed by atoms with Crippen molar-refractivity contribution in [2.75, 3.05) is 12.0 Å². The van der Waals surface area contributed by atoms with Crippen molar-refractivity contribution in [1.29, 1.82) is 0 Å². The van der Waals surface area contributed by atoms with Crippen molar-refractivity contribution in [2.45, 2.75) is 40.5 Å². The second-order valence-corrected chi connectivity index (χ2v) is 5.53. The molecule has 0 spiro atoms. The van der Waals surface area contributed by atoms with Gasteiger partial charge < -0.3 is 0 Å². The van der Waals surface area contributed by atoms with Crippen molar-refractivity contribution >= 4 is 11.8 Å². The van der Waals surface area contributed by atoms with E-state index in [0.717, 1.165) is 11.8 Å². The Kier molecular flexibility index (Phi) is 7.44. The molecular weight excluding hydrogens is 188 g/mol. The lowest BCUT2D eigenvalue weighted by atomic mass is 9.84. The minimum Gasteiger partial charge on any atom is -0.165 e. The molecule has 0 amide bonds. The Bertz CT molecular complexity index is 161. The van der Waals surface area contributed by atoms with Crippen LogP contribution in [0.4, 0.5) is 0 Å². The normalized spacial score (nSPS) is 15.6. The lowest BCUT2D eigenvalue weighted by Crippen LogP contribution is -2.15. The van der Waals surface area contributed by atoms with Gasteiger partial charge in [0.25, 0.3) is 0 Å². The fraction of sp³-hybridized carbons (Fsp3) is 0.846. The number of hydrogen-bond acceptors (Lipinski definition) is 1. The maximum atomic E-state index is 4.18. The SMILES string of the molecule is C=C(CC(CC)C(C)CSC)C(C)C. The Hall–Kier alpha value is 0.0900. The summed E-state index contributed by atoms with van der Waals surface area (Å²) >= 11 is 1.96. The van der Waals surface area contributed by atoms with Crippen molar-refractivity contribution < 1.29 is 0 Å². The highest BCUT2D eigenvalue weighted by Crippen LogP contribution is 2.27. The molecule has 0 heterocycles. The summed E-state index contributed by atoms with van der Waals surface area (Å²) in [6.07, 6.45) is 4.70. The van der Waals surface area contributed by atoms with Gasteiger partial charge in [-0.3, -0.25) is 0 Å². The monoisotopic (exact) mass is 214 g/mol. The molecule has 0 aliphatic carbocycles. The zero-order valence-corrected chi connectivity index (χ0v) is 11.3. The lowest BCUT2D eigenvalue weighted by molar-refractivity contribution is 0.367. The topological polar surface area (TPSA) is 0 Å². The first-order valence-corrected chi connectivity index (χ1v) is 7.08. The third-order valence-corrected chi connectivity index (χ3v) is 3.96. The summed E-state index contributed by atoms with van der Waals surface area (Å²) in [7, 11) is 0. The molecule has 1 heteroatoms. The number of rotatable bonds is 7. The maximum Gasteiger partial charge on any atom is -0.00418 e. The third kappa shape index (κ3) is 5.09. The smallest absolute Gasteiger partial charge is 0.00418 e. The molecule has 0 aromatic heterocycles. The first-order chi connectivity index (χ1) is 6.52. The third-order valence-electron chi connectivity index (χ3n) is 3.10. The molecule has 0 aliphatic rings. The van der Waals surface area contributed by atoms with Gasteiger partial charge in [0.05, 0.1) is 0 Å². The van der Waals surface area contributed by atoms with Crippen LogP contribution >= 0.6 is 11.8 Å². The number of hydrogen-bond donors (Lipinski definition) is 0. The molecule has 0 aromatic carbocycles. The summed E-state index contributed by atoms with van der Waals surface area (Å²) in [5, 5.41) is 0. The Morgan fingerprint density at radius 2 is 1.86 bits per heavy atom. The van der Waals surface area contributed by atoms with Gasteiger partial charge in [-0.05, 0) is 36.2 Å². The Balaban J connectivity index is 4.07. The first kappa shape index (κ1) is 14.1. The summed E-state index contributed by atoms with van der Waals surface area (Å²) in [6, 6.07) is 0. The molecule has 2 unspecified atom stereocenters. The van der Waals surface area contributed by atoms with E-state index in [-0.39, 0.29) is 0 Å². The van der Waals surface area contributed by atoms with Gasteiger partial charge in [0, 0.05) is 0 Å². The van der Waals surface area contributed by atoms with E-state index in [1.165, 1.54) is 24.2 Å². The molecular formula is C13H26S. The predicted octanol–water partition coefficient (Wildman–Crippen LogP) is 4.61. The van der Waals surface area contributed by atoms with Crippen molar-refractivity contribution in [2.24, 2.45) is 17.8 Å². The minimum atomic E-state index is 0.644. The van der Waals surface area contributed by atoms with Gasteiger partial charge >= 0.3 is 0 Å². The first-order valence-electron chi connectivity index (χ1n) is 5.69. The molecule has 0 bridgehead atoms. The van der Waals surface area contributed by atoms with Crippen LogP contribution < -0.4 is 0 Å². The summed E-state index contributed by atoms with van der Waals surface area (Å²) in [5.74, 6) is 3.58. The van der Waals surface area contributed by atoms with E-state index in [1.54, 1.807) is 0 Å². The summed E-state index contributed by atoms with van der Waals surface area (Å²) in [4.78, 5) is 0. The quantitative estimate of drug-likeness (QED) is 0.558. The summed E-state index contributed by atoms with van der Waals surface area (Å²) in [5.41, 5.74) is 1.42. The van der Waals surface area contributed by atoms with Crippen molar-refractivity contribution in [1.82, 2.24) is 0 Å². The van der Waals surface area contributed by atoms with E-state index in [4.69, 9.17) is 0 Å². The van der Waals surface area contributed by atoms with E-state index >= 15 is 0 Å². The molecule has 0 saturated carbocycles. The van der Waals surface area contributed by atoms with E-state index in [0.29, 0.717) is 5.92 Å². The Labute approximate surface area is 94.6 Å². The minimum absolute atomic E-state index is 0.644. The molecule has 14 heavy (non-hydrogen) atoms. The second kappa shape index (κ2) is 7.39. The molecule has 0 rings (SSSR count). The molecule has 0 saturated heterocycles. The zero-order valence-electron chi connectivity index (χ0n) is 10.5. The maximum absolute atomic E-state index is 4.18. The fourth-order valence-electron chi connectivity index (χ4n) is 1.72. The molecule has 84 valence electrons.